The van der Waals surface area contributed by atoms with Gasteiger partial charge in [-0.2, -0.15) is 0 Å². The van der Waals surface area contributed by atoms with E-state index in [2.05, 4.69) is 31.2 Å². The fourth-order valence-electron chi connectivity index (χ4n) is 3.87. The highest BCUT2D eigenvalue weighted by molar-refractivity contribution is 9.11. The van der Waals surface area contributed by atoms with Crippen LogP contribution in [0, 0.1) is 18.8 Å². The summed E-state index contributed by atoms with van der Waals surface area (Å²) in [6, 6.07) is 0.195. The van der Waals surface area contributed by atoms with Gasteiger partial charge in [-0.1, -0.05) is 0 Å². The summed E-state index contributed by atoms with van der Waals surface area (Å²) in [6.07, 6.45) is 3.47. The molecule has 1 saturated carbocycles. The van der Waals surface area contributed by atoms with Crippen LogP contribution in [0.15, 0.2) is 15.6 Å². The Kier molecular flexibility index (Phi) is 4.63. The molecule has 9 heteroatoms. The van der Waals surface area contributed by atoms with Crippen molar-refractivity contribution in [1.82, 2.24) is 20.2 Å². The van der Waals surface area contributed by atoms with E-state index in [1.54, 1.807) is 11.7 Å². The van der Waals surface area contributed by atoms with Crippen molar-refractivity contribution in [2.45, 2.75) is 25.8 Å². The Hall–Kier alpha value is -1.32. The van der Waals surface area contributed by atoms with Gasteiger partial charge in [0.25, 0.3) is 11.8 Å². The summed E-state index contributed by atoms with van der Waals surface area (Å²) in [5.41, 5.74) is 2.45. The van der Waals surface area contributed by atoms with E-state index >= 15 is 0 Å². The molecule has 1 saturated heterocycles. The molecule has 2 atom stereocenters. The summed E-state index contributed by atoms with van der Waals surface area (Å²) in [6.45, 7) is 3.41. The number of aromatic nitrogens is 2. The van der Waals surface area contributed by atoms with Crippen molar-refractivity contribution in [3.05, 3.63) is 31.1 Å². The smallest absolute Gasteiger partial charge is 0.265 e. The number of likely N-dealkylation sites (tertiary alicyclic amines) is 1. The van der Waals surface area contributed by atoms with E-state index in [4.69, 9.17) is 0 Å². The van der Waals surface area contributed by atoms with Crippen LogP contribution in [0.25, 0.3) is 0 Å². The second-order valence-corrected chi connectivity index (χ2v) is 9.78. The average molecular weight is 441 g/mol. The van der Waals surface area contributed by atoms with Crippen LogP contribution in [0.1, 0.15) is 37.9 Å². The molecule has 2 aliphatic rings. The van der Waals surface area contributed by atoms with Crippen LogP contribution in [0.2, 0.25) is 0 Å². The maximum absolute atomic E-state index is 12.7. The van der Waals surface area contributed by atoms with Gasteiger partial charge in [0.1, 0.15) is 9.75 Å². The van der Waals surface area contributed by atoms with Crippen molar-refractivity contribution < 1.29 is 9.59 Å². The van der Waals surface area contributed by atoms with Crippen molar-refractivity contribution in [1.29, 1.82) is 0 Å². The number of thiazole rings is 2. The highest BCUT2D eigenvalue weighted by Crippen LogP contribution is 2.39. The highest BCUT2D eigenvalue weighted by atomic mass is 79.9. The Morgan fingerprint density at radius 1 is 1.32 bits per heavy atom. The third kappa shape index (κ3) is 3.37. The number of halogens is 1. The zero-order valence-corrected chi connectivity index (χ0v) is 16.8. The first kappa shape index (κ1) is 17.1. The van der Waals surface area contributed by atoms with E-state index < -0.39 is 0 Å². The number of carbonyl (C=O) groups excluding carboxylic acids is 2. The van der Waals surface area contributed by atoms with Crippen LogP contribution >= 0.6 is 38.6 Å². The SMILES string of the molecule is Cc1nc(Br)sc1C(=O)N1CC2CC(NC(=O)c3cncs3)CC2C1. The van der Waals surface area contributed by atoms with Crippen LogP contribution in [-0.2, 0) is 0 Å². The molecule has 25 heavy (non-hydrogen) atoms. The Labute approximate surface area is 161 Å². The summed E-state index contributed by atoms with van der Waals surface area (Å²) < 4.78 is 0.749. The average Bonchev–Trinajstić information content (AvgIpc) is 3.29. The molecular formula is C16H17BrN4O2S2. The molecule has 0 aromatic carbocycles. The van der Waals surface area contributed by atoms with Crippen LogP contribution in [0.4, 0.5) is 0 Å². The molecule has 2 unspecified atom stereocenters. The van der Waals surface area contributed by atoms with Crippen molar-refractivity contribution in [3.8, 4) is 0 Å². The number of nitrogens with zero attached hydrogens (tertiary/aromatic N) is 3. The van der Waals surface area contributed by atoms with Gasteiger partial charge in [0.2, 0.25) is 0 Å². The van der Waals surface area contributed by atoms with E-state index in [-0.39, 0.29) is 17.9 Å². The Balaban J connectivity index is 1.35. The first-order valence-electron chi connectivity index (χ1n) is 8.13. The molecule has 2 fully saturated rings. The molecule has 1 aliphatic carbocycles. The fraction of sp³-hybridized carbons (Fsp3) is 0.500. The van der Waals surface area contributed by atoms with Gasteiger partial charge in [0.15, 0.2) is 3.92 Å². The normalized spacial score (nSPS) is 25.2. The first-order chi connectivity index (χ1) is 12.0. The number of hydrogen-bond donors (Lipinski definition) is 1. The summed E-state index contributed by atoms with van der Waals surface area (Å²) in [5.74, 6) is 0.977. The largest absolute Gasteiger partial charge is 0.349 e. The number of amides is 2. The van der Waals surface area contributed by atoms with Gasteiger partial charge in [-0.05, 0) is 47.5 Å². The van der Waals surface area contributed by atoms with E-state index in [1.807, 2.05) is 11.8 Å². The molecule has 3 heterocycles. The molecule has 0 bridgehead atoms. The number of fused-ring (bicyclic) bond motifs is 1. The van der Waals surface area contributed by atoms with E-state index in [0.717, 1.165) is 40.4 Å². The molecule has 4 rings (SSSR count). The maximum atomic E-state index is 12.7. The molecule has 2 aromatic heterocycles. The van der Waals surface area contributed by atoms with Gasteiger partial charge in [-0.25, -0.2) is 4.98 Å². The van der Waals surface area contributed by atoms with Gasteiger partial charge in [0, 0.05) is 19.1 Å². The maximum Gasteiger partial charge on any atom is 0.265 e. The van der Waals surface area contributed by atoms with Crippen LogP contribution in [-0.4, -0.2) is 45.8 Å². The third-order valence-electron chi connectivity index (χ3n) is 4.99. The minimum atomic E-state index is -0.0365. The van der Waals surface area contributed by atoms with Crippen LogP contribution in [0.3, 0.4) is 0 Å². The number of rotatable bonds is 3. The van der Waals surface area contributed by atoms with Gasteiger partial charge in [0.05, 0.1) is 17.4 Å². The Morgan fingerprint density at radius 3 is 2.60 bits per heavy atom. The summed E-state index contributed by atoms with van der Waals surface area (Å²) in [7, 11) is 0. The highest BCUT2D eigenvalue weighted by Gasteiger charge is 2.43. The summed E-state index contributed by atoms with van der Waals surface area (Å²) >= 11 is 6.10. The fourth-order valence-corrected chi connectivity index (χ4v) is 5.91. The lowest BCUT2D eigenvalue weighted by Gasteiger charge is -2.19. The van der Waals surface area contributed by atoms with Crippen molar-refractivity contribution in [2.75, 3.05) is 13.1 Å². The molecule has 1 N–H and O–H groups in total. The lowest BCUT2D eigenvalue weighted by atomic mass is 10.0. The van der Waals surface area contributed by atoms with Gasteiger partial charge < -0.3 is 10.2 Å². The van der Waals surface area contributed by atoms with E-state index in [1.165, 1.54) is 22.7 Å². The number of nitrogens with one attached hydrogen (secondary N) is 1. The minimum absolute atomic E-state index is 0.0365. The van der Waals surface area contributed by atoms with Crippen LogP contribution in [0.5, 0.6) is 0 Å². The standard InChI is InChI=1S/C16H17BrN4O2S2/c1-8-13(25-16(17)19-8)15(23)21-5-9-2-11(3-10(9)6-21)20-14(22)12-4-18-7-24-12/h4,7,9-11H,2-3,5-6H2,1H3,(H,20,22). The van der Waals surface area contributed by atoms with E-state index in [9.17, 15) is 9.59 Å². The first-order valence-corrected chi connectivity index (χ1v) is 10.6. The zero-order valence-electron chi connectivity index (χ0n) is 13.6. The summed E-state index contributed by atoms with van der Waals surface area (Å²) in [4.78, 5) is 36.4. The number of hydrogen-bond acceptors (Lipinski definition) is 6. The van der Waals surface area contributed by atoms with Crippen LogP contribution < -0.4 is 5.32 Å². The molecular weight excluding hydrogens is 424 g/mol. The Morgan fingerprint density at radius 2 is 2.04 bits per heavy atom. The molecule has 0 spiro atoms. The predicted octanol–water partition coefficient (Wildman–Crippen LogP) is 2.95. The second kappa shape index (κ2) is 6.77. The van der Waals surface area contributed by atoms with Crippen molar-refractivity contribution in [3.63, 3.8) is 0 Å². The molecule has 132 valence electrons. The van der Waals surface area contributed by atoms with Crippen molar-refractivity contribution >= 4 is 50.4 Å². The lowest BCUT2D eigenvalue weighted by molar-refractivity contribution is 0.0779. The second-order valence-electron chi connectivity index (χ2n) is 6.62. The van der Waals surface area contributed by atoms with Gasteiger partial charge in [-0.3, -0.25) is 14.6 Å². The third-order valence-corrected chi connectivity index (χ3v) is 7.36. The van der Waals surface area contributed by atoms with Crippen molar-refractivity contribution in [2.24, 2.45) is 11.8 Å². The van der Waals surface area contributed by atoms with E-state index in [0.29, 0.717) is 16.7 Å². The topological polar surface area (TPSA) is 75.2 Å². The Bertz CT molecular complexity index is 793. The molecule has 0 radical (unpaired) electrons. The quantitative estimate of drug-likeness (QED) is 0.795. The number of aryl methyl sites for hydroxylation is 1. The zero-order chi connectivity index (χ0) is 17.6. The van der Waals surface area contributed by atoms with Gasteiger partial charge in [-0.15, -0.1) is 22.7 Å². The molecule has 1 aliphatic heterocycles. The summed E-state index contributed by atoms with van der Waals surface area (Å²) in [5, 5.41) is 3.11. The predicted molar refractivity (Wildman–Crippen MR) is 100 cm³/mol. The molecule has 2 aromatic rings. The number of carbonyl (C=O) groups is 2. The lowest BCUT2D eigenvalue weighted by Crippen LogP contribution is -2.35. The van der Waals surface area contributed by atoms with Gasteiger partial charge >= 0.3 is 0 Å². The minimum Gasteiger partial charge on any atom is -0.349 e. The molecule has 2 amide bonds. The molecule has 6 nitrogen and oxygen atoms in total. The monoisotopic (exact) mass is 440 g/mol.